The van der Waals surface area contributed by atoms with Crippen LogP contribution in [0.1, 0.15) is 6.92 Å². The molecule has 0 N–H and O–H groups in total. The molecule has 0 radical (unpaired) electrons. The Labute approximate surface area is 128 Å². The van der Waals surface area contributed by atoms with Gasteiger partial charge in [-0.15, -0.1) is 10.2 Å². The number of para-hydroxylation sites is 1. The summed E-state index contributed by atoms with van der Waals surface area (Å²) >= 11 is 0. The lowest BCUT2D eigenvalue weighted by Gasteiger charge is -2.14. The second-order valence-electron chi connectivity index (χ2n) is 4.59. The highest BCUT2D eigenvalue weighted by Gasteiger charge is 2.18. The van der Waals surface area contributed by atoms with Gasteiger partial charge in [0.15, 0.2) is 5.82 Å². The Morgan fingerprint density at radius 1 is 1.09 bits per heavy atom. The molecule has 114 valence electrons. The monoisotopic (exact) mass is 299 g/mol. The number of hydrogen-bond donors (Lipinski definition) is 0. The first-order valence-corrected chi connectivity index (χ1v) is 6.93. The Morgan fingerprint density at radius 2 is 1.82 bits per heavy atom. The average Bonchev–Trinajstić information content (AvgIpc) is 3.22. The fraction of sp³-hybridized carbons (Fsp3) is 0.267. The first-order chi connectivity index (χ1) is 10.8. The maximum Gasteiger partial charge on any atom is 0.189 e. The summed E-state index contributed by atoms with van der Waals surface area (Å²) in [7, 11) is 3.24. The second kappa shape index (κ2) is 5.88. The number of benzene rings is 1. The van der Waals surface area contributed by atoms with Crippen LogP contribution in [-0.2, 0) is 6.54 Å². The maximum atomic E-state index is 5.45. The van der Waals surface area contributed by atoms with Crippen molar-refractivity contribution in [2.45, 2.75) is 13.5 Å². The third-order valence-corrected chi connectivity index (χ3v) is 3.38. The van der Waals surface area contributed by atoms with E-state index < -0.39 is 0 Å². The summed E-state index contributed by atoms with van der Waals surface area (Å²) in [4.78, 5) is 0. The molecule has 22 heavy (non-hydrogen) atoms. The minimum Gasteiger partial charge on any atom is -0.494 e. The van der Waals surface area contributed by atoms with Crippen molar-refractivity contribution < 1.29 is 9.47 Å². The smallest absolute Gasteiger partial charge is 0.189 e. The van der Waals surface area contributed by atoms with Crippen molar-refractivity contribution in [3.63, 3.8) is 0 Å². The number of ether oxygens (including phenoxy) is 2. The summed E-state index contributed by atoms with van der Waals surface area (Å²) < 4.78 is 14.6. The van der Waals surface area contributed by atoms with Crippen molar-refractivity contribution in [3.05, 3.63) is 36.8 Å². The minimum atomic E-state index is 0.634. The van der Waals surface area contributed by atoms with Crippen LogP contribution in [0.5, 0.6) is 11.5 Å². The van der Waals surface area contributed by atoms with Gasteiger partial charge in [-0.1, -0.05) is 6.07 Å². The van der Waals surface area contributed by atoms with Crippen LogP contribution >= 0.6 is 0 Å². The normalized spacial score (nSPS) is 10.7. The van der Waals surface area contributed by atoms with E-state index in [1.165, 1.54) is 0 Å². The summed E-state index contributed by atoms with van der Waals surface area (Å²) in [6, 6.07) is 7.52. The van der Waals surface area contributed by atoms with Gasteiger partial charge in [0.2, 0.25) is 0 Å². The summed E-state index contributed by atoms with van der Waals surface area (Å²) in [6.07, 6.45) is 3.54. The van der Waals surface area contributed by atoms with Crippen molar-refractivity contribution in [1.82, 2.24) is 24.5 Å². The van der Waals surface area contributed by atoms with Crippen LogP contribution in [0.3, 0.4) is 0 Å². The molecule has 0 fully saturated rings. The Kier molecular flexibility index (Phi) is 3.78. The molecule has 3 aromatic rings. The summed E-state index contributed by atoms with van der Waals surface area (Å²) in [6.45, 7) is 2.83. The molecule has 0 saturated carbocycles. The van der Waals surface area contributed by atoms with E-state index in [2.05, 4.69) is 15.3 Å². The number of rotatable bonds is 5. The average molecular weight is 299 g/mol. The molecule has 7 heteroatoms. The minimum absolute atomic E-state index is 0.634. The van der Waals surface area contributed by atoms with Gasteiger partial charge in [-0.05, 0) is 25.1 Å². The molecule has 1 aromatic carbocycles. The predicted molar refractivity (Wildman–Crippen MR) is 81.4 cm³/mol. The Morgan fingerprint density at radius 3 is 2.41 bits per heavy atom. The molecule has 0 aliphatic heterocycles. The van der Waals surface area contributed by atoms with E-state index >= 15 is 0 Å². The Hall–Kier alpha value is -2.83. The fourth-order valence-corrected chi connectivity index (χ4v) is 2.30. The molecule has 0 saturated heterocycles. The van der Waals surface area contributed by atoms with E-state index in [0.717, 1.165) is 17.9 Å². The van der Waals surface area contributed by atoms with Gasteiger partial charge in [-0.2, -0.15) is 5.10 Å². The molecule has 7 nitrogen and oxygen atoms in total. The van der Waals surface area contributed by atoms with Crippen LogP contribution in [0.15, 0.2) is 36.8 Å². The molecule has 0 atom stereocenters. The highest BCUT2D eigenvalue weighted by Crippen LogP contribution is 2.34. The van der Waals surface area contributed by atoms with E-state index in [4.69, 9.17) is 9.47 Å². The van der Waals surface area contributed by atoms with Crippen LogP contribution in [0.4, 0.5) is 0 Å². The van der Waals surface area contributed by atoms with Crippen molar-refractivity contribution in [3.8, 4) is 28.7 Å². The standard InChI is InChI=1S/C15H17N5O2/c1-4-19-9-8-11(18-19)15-17-16-10-20(15)14-12(21-2)6-5-7-13(14)22-3/h5-10H,4H2,1-3H3. The summed E-state index contributed by atoms with van der Waals surface area (Å²) in [5, 5.41) is 12.7. The van der Waals surface area contributed by atoms with Gasteiger partial charge in [0.25, 0.3) is 0 Å². The number of hydrogen-bond acceptors (Lipinski definition) is 5. The zero-order chi connectivity index (χ0) is 15.5. The van der Waals surface area contributed by atoms with Crippen molar-refractivity contribution in [1.29, 1.82) is 0 Å². The Bertz CT molecular complexity index is 756. The lowest BCUT2D eigenvalue weighted by atomic mass is 10.2. The lowest BCUT2D eigenvalue weighted by molar-refractivity contribution is 0.391. The van der Waals surface area contributed by atoms with Crippen LogP contribution < -0.4 is 9.47 Å². The molecular weight excluding hydrogens is 282 g/mol. The molecule has 2 heterocycles. The van der Waals surface area contributed by atoms with Gasteiger partial charge >= 0.3 is 0 Å². The Balaban J connectivity index is 2.17. The van der Waals surface area contributed by atoms with Crippen LogP contribution in [0.25, 0.3) is 17.2 Å². The van der Waals surface area contributed by atoms with E-state index in [1.807, 2.05) is 46.6 Å². The molecule has 2 aromatic heterocycles. The molecule has 3 rings (SSSR count). The van der Waals surface area contributed by atoms with Gasteiger partial charge < -0.3 is 9.47 Å². The topological polar surface area (TPSA) is 67.0 Å². The zero-order valence-corrected chi connectivity index (χ0v) is 12.7. The van der Waals surface area contributed by atoms with Crippen molar-refractivity contribution >= 4 is 0 Å². The molecular formula is C15H17N5O2. The maximum absolute atomic E-state index is 5.45. The molecule has 0 amide bonds. The first-order valence-electron chi connectivity index (χ1n) is 6.93. The van der Waals surface area contributed by atoms with Crippen LogP contribution in [-0.4, -0.2) is 38.8 Å². The van der Waals surface area contributed by atoms with E-state index in [9.17, 15) is 0 Å². The summed E-state index contributed by atoms with van der Waals surface area (Å²) in [5.41, 5.74) is 1.49. The van der Waals surface area contributed by atoms with E-state index in [1.54, 1.807) is 20.5 Å². The molecule has 0 aliphatic rings. The number of methoxy groups -OCH3 is 2. The number of aromatic nitrogens is 5. The quantitative estimate of drug-likeness (QED) is 0.722. The molecule has 0 bridgehead atoms. The highest BCUT2D eigenvalue weighted by molar-refractivity contribution is 5.62. The lowest BCUT2D eigenvalue weighted by Crippen LogP contribution is -2.03. The second-order valence-corrected chi connectivity index (χ2v) is 4.59. The van der Waals surface area contributed by atoms with Gasteiger partial charge in [-0.3, -0.25) is 9.25 Å². The third-order valence-electron chi connectivity index (χ3n) is 3.38. The van der Waals surface area contributed by atoms with E-state index in [0.29, 0.717) is 17.3 Å². The predicted octanol–water partition coefficient (Wildman–Crippen LogP) is 2.17. The van der Waals surface area contributed by atoms with Gasteiger partial charge in [-0.25, -0.2) is 0 Å². The van der Waals surface area contributed by atoms with Crippen LogP contribution in [0.2, 0.25) is 0 Å². The third kappa shape index (κ3) is 2.30. The molecule has 0 spiro atoms. The van der Waals surface area contributed by atoms with Crippen molar-refractivity contribution in [2.75, 3.05) is 14.2 Å². The fourth-order valence-electron chi connectivity index (χ4n) is 2.30. The van der Waals surface area contributed by atoms with Crippen LogP contribution in [0, 0.1) is 0 Å². The SMILES string of the molecule is CCn1ccc(-c2nncn2-c2c(OC)cccc2OC)n1. The summed E-state index contributed by atoms with van der Waals surface area (Å²) in [5.74, 6) is 1.99. The van der Waals surface area contributed by atoms with E-state index in [-0.39, 0.29) is 0 Å². The van der Waals surface area contributed by atoms with Gasteiger partial charge in [0.1, 0.15) is 29.2 Å². The van der Waals surface area contributed by atoms with Gasteiger partial charge in [0.05, 0.1) is 14.2 Å². The largest absolute Gasteiger partial charge is 0.494 e. The number of aryl methyl sites for hydroxylation is 1. The van der Waals surface area contributed by atoms with Crippen molar-refractivity contribution in [2.24, 2.45) is 0 Å². The highest BCUT2D eigenvalue weighted by atomic mass is 16.5. The zero-order valence-electron chi connectivity index (χ0n) is 12.7. The molecule has 0 aliphatic carbocycles. The number of nitrogens with zero attached hydrogens (tertiary/aromatic N) is 5. The van der Waals surface area contributed by atoms with Gasteiger partial charge in [0, 0.05) is 12.7 Å². The molecule has 0 unspecified atom stereocenters. The first kappa shape index (κ1) is 14.1.